The van der Waals surface area contributed by atoms with Crippen LogP contribution in [0.15, 0.2) is 47.7 Å². The molecule has 0 bridgehead atoms. The second kappa shape index (κ2) is 3.79. The van der Waals surface area contributed by atoms with Crippen LogP contribution in [0.1, 0.15) is 0 Å². The van der Waals surface area contributed by atoms with Gasteiger partial charge in [-0.15, -0.1) is 0 Å². The molecule has 0 aliphatic heterocycles. The summed E-state index contributed by atoms with van der Waals surface area (Å²) in [6, 6.07) is 6.94. The SMILES string of the molecule is O=c1ccnc(-c2ccc3nccnc3c2)[nH]1. The van der Waals surface area contributed by atoms with Crippen molar-refractivity contribution in [3.63, 3.8) is 0 Å². The van der Waals surface area contributed by atoms with Gasteiger partial charge in [0.2, 0.25) is 0 Å². The molecule has 5 nitrogen and oxygen atoms in total. The Labute approximate surface area is 96.2 Å². The molecule has 0 fully saturated rings. The Kier molecular flexibility index (Phi) is 2.15. The number of aromatic amines is 1. The highest BCUT2D eigenvalue weighted by atomic mass is 16.1. The van der Waals surface area contributed by atoms with Crippen molar-refractivity contribution in [3.05, 3.63) is 53.2 Å². The Morgan fingerprint density at radius 3 is 2.53 bits per heavy atom. The molecular formula is C12H8N4O. The van der Waals surface area contributed by atoms with Gasteiger partial charge in [-0.2, -0.15) is 0 Å². The standard InChI is InChI=1S/C12H8N4O/c17-11-3-4-15-12(16-11)8-1-2-9-10(7-8)14-6-5-13-9/h1-7H,(H,15,16,17). The van der Waals surface area contributed by atoms with Gasteiger partial charge in [0.1, 0.15) is 5.82 Å². The van der Waals surface area contributed by atoms with Crippen molar-refractivity contribution in [1.82, 2.24) is 19.9 Å². The van der Waals surface area contributed by atoms with Crippen molar-refractivity contribution >= 4 is 11.0 Å². The number of hydrogen-bond acceptors (Lipinski definition) is 4. The minimum Gasteiger partial charge on any atom is -0.307 e. The first kappa shape index (κ1) is 9.65. The molecule has 17 heavy (non-hydrogen) atoms. The number of hydrogen-bond donors (Lipinski definition) is 1. The second-order valence-corrected chi connectivity index (χ2v) is 3.54. The van der Waals surface area contributed by atoms with E-state index in [1.54, 1.807) is 12.4 Å². The fraction of sp³-hybridized carbons (Fsp3) is 0. The number of nitrogens with one attached hydrogen (secondary N) is 1. The van der Waals surface area contributed by atoms with Crippen LogP contribution in [-0.2, 0) is 0 Å². The maximum atomic E-state index is 11.2. The third kappa shape index (κ3) is 1.78. The quantitative estimate of drug-likeness (QED) is 0.677. The van der Waals surface area contributed by atoms with Crippen molar-refractivity contribution in [2.24, 2.45) is 0 Å². The van der Waals surface area contributed by atoms with Gasteiger partial charge >= 0.3 is 0 Å². The molecule has 5 heteroatoms. The van der Waals surface area contributed by atoms with Crippen molar-refractivity contribution < 1.29 is 0 Å². The third-order valence-electron chi connectivity index (χ3n) is 2.41. The first-order valence-electron chi connectivity index (χ1n) is 5.09. The lowest BCUT2D eigenvalue weighted by molar-refractivity contribution is 1.13. The summed E-state index contributed by atoms with van der Waals surface area (Å²) in [4.78, 5) is 26.4. The molecule has 0 aliphatic carbocycles. The second-order valence-electron chi connectivity index (χ2n) is 3.54. The zero-order valence-electron chi connectivity index (χ0n) is 8.79. The predicted molar refractivity (Wildman–Crippen MR) is 63.4 cm³/mol. The summed E-state index contributed by atoms with van der Waals surface area (Å²) < 4.78 is 0. The summed E-state index contributed by atoms with van der Waals surface area (Å²) >= 11 is 0. The number of nitrogens with zero attached hydrogens (tertiary/aromatic N) is 3. The lowest BCUT2D eigenvalue weighted by atomic mass is 10.2. The highest BCUT2D eigenvalue weighted by Crippen LogP contribution is 2.17. The van der Waals surface area contributed by atoms with Crippen molar-refractivity contribution in [2.75, 3.05) is 0 Å². The van der Waals surface area contributed by atoms with Crippen molar-refractivity contribution in [2.45, 2.75) is 0 Å². The molecule has 1 N–H and O–H groups in total. The van der Waals surface area contributed by atoms with Gasteiger partial charge in [-0.1, -0.05) is 0 Å². The Morgan fingerprint density at radius 1 is 0.882 bits per heavy atom. The molecule has 0 saturated carbocycles. The maximum Gasteiger partial charge on any atom is 0.251 e. The summed E-state index contributed by atoms with van der Waals surface area (Å²) in [7, 11) is 0. The maximum absolute atomic E-state index is 11.2. The smallest absolute Gasteiger partial charge is 0.251 e. The van der Waals surface area contributed by atoms with Gasteiger partial charge in [-0.3, -0.25) is 14.8 Å². The van der Waals surface area contributed by atoms with E-state index >= 15 is 0 Å². The summed E-state index contributed by atoms with van der Waals surface area (Å²) in [6.45, 7) is 0. The Bertz CT molecular complexity index is 735. The molecule has 2 aromatic heterocycles. The Hall–Kier alpha value is -2.56. The third-order valence-corrected chi connectivity index (χ3v) is 2.41. The van der Waals surface area contributed by atoms with E-state index in [9.17, 15) is 4.79 Å². The van der Waals surface area contributed by atoms with E-state index in [1.807, 2.05) is 18.2 Å². The molecule has 2 heterocycles. The van der Waals surface area contributed by atoms with Crippen LogP contribution in [0.5, 0.6) is 0 Å². The monoisotopic (exact) mass is 224 g/mol. The van der Waals surface area contributed by atoms with Gasteiger partial charge in [-0.25, -0.2) is 4.98 Å². The number of aromatic nitrogens is 4. The number of rotatable bonds is 1. The molecule has 0 saturated heterocycles. The minimum atomic E-state index is -0.172. The fourth-order valence-corrected chi connectivity index (χ4v) is 1.63. The van der Waals surface area contributed by atoms with Gasteiger partial charge in [0, 0.05) is 30.2 Å². The summed E-state index contributed by atoms with van der Waals surface area (Å²) in [6.07, 6.45) is 4.76. The van der Waals surface area contributed by atoms with Crippen LogP contribution in [0.2, 0.25) is 0 Å². The average molecular weight is 224 g/mol. The van der Waals surface area contributed by atoms with Crippen LogP contribution in [-0.4, -0.2) is 19.9 Å². The van der Waals surface area contributed by atoms with Crippen LogP contribution in [0.3, 0.4) is 0 Å². The number of fused-ring (bicyclic) bond motifs is 1. The van der Waals surface area contributed by atoms with E-state index in [1.165, 1.54) is 12.3 Å². The van der Waals surface area contributed by atoms with Crippen LogP contribution in [0, 0.1) is 0 Å². The molecule has 82 valence electrons. The van der Waals surface area contributed by atoms with Crippen molar-refractivity contribution in [3.8, 4) is 11.4 Å². The molecule has 0 aliphatic rings. The molecule has 0 amide bonds. The van der Waals surface area contributed by atoms with Gasteiger partial charge in [0.25, 0.3) is 5.56 Å². The highest BCUT2D eigenvalue weighted by Gasteiger charge is 2.02. The van der Waals surface area contributed by atoms with Gasteiger partial charge in [-0.05, 0) is 18.2 Å². The van der Waals surface area contributed by atoms with E-state index in [0.717, 1.165) is 16.6 Å². The first-order valence-corrected chi connectivity index (χ1v) is 5.09. The first-order chi connectivity index (χ1) is 8.33. The largest absolute Gasteiger partial charge is 0.307 e. The zero-order valence-corrected chi connectivity index (χ0v) is 8.79. The van der Waals surface area contributed by atoms with E-state index in [0.29, 0.717) is 5.82 Å². The molecule has 0 atom stereocenters. The number of H-pyrrole nitrogens is 1. The predicted octanol–water partition coefficient (Wildman–Crippen LogP) is 1.38. The Morgan fingerprint density at radius 2 is 1.71 bits per heavy atom. The van der Waals surface area contributed by atoms with Gasteiger partial charge in [0.15, 0.2) is 0 Å². The minimum absolute atomic E-state index is 0.172. The summed E-state index contributed by atoms with van der Waals surface area (Å²) in [5, 5.41) is 0. The van der Waals surface area contributed by atoms with Crippen LogP contribution < -0.4 is 5.56 Å². The Balaban J connectivity index is 2.21. The normalized spacial score (nSPS) is 10.6. The van der Waals surface area contributed by atoms with E-state index in [2.05, 4.69) is 19.9 Å². The van der Waals surface area contributed by atoms with E-state index < -0.39 is 0 Å². The molecule has 0 radical (unpaired) electrons. The van der Waals surface area contributed by atoms with Crippen molar-refractivity contribution in [1.29, 1.82) is 0 Å². The molecule has 3 rings (SSSR count). The van der Waals surface area contributed by atoms with Gasteiger partial charge < -0.3 is 4.98 Å². The van der Waals surface area contributed by atoms with Crippen LogP contribution in [0.25, 0.3) is 22.4 Å². The van der Waals surface area contributed by atoms with Crippen LogP contribution in [0.4, 0.5) is 0 Å². The molecule has 0 spiro atoms. The zero-order chi connectivity index (χ0) is 11.7. The van der Waals surface area contributed by atoms with Gasteiger partial charge in [0.05, 0.1) is 11.0 Å². The molecule has 3 aromatic rings. The summed E-state index contributed by atoms with van der Waals surface area (Å²) in [5.41, 5.74) is 2.23. The summed E-state index contributed by atoms with van der Waals surface area (Å²) in [5.74, 6) is 0.532. The van der Waals surface area contributed by atoms with Crippen LogP contribution >= 0.6 is 0 Å². The van der Waals surface area contributed by atoms with E-state index in [4.69, 9.17) is 0 Å². The average Bonchev–Trinajstić information content (AvgIpc) is 2.38. The number of benzene rings is 1. The fourth-order valence-electron chi connectivity index (χ4n) is 1.63. The molecular weight excluding hydrogens is 216 g/mol. The molecule has 1 aromatic carbocycles. The topological polar surface area (TPSA) is 71.5 Å². The molecule has 0 unspecified atom stereocenters. The lowest BCUT2D eigenvalue weighted by Crippen LogP contribution is -2.05. The van der Waals surface area contributed by atoms with E-state index in [-0.39, 0.29) is 5.56 Å². The highest BCUT2D eigenvalue weighted by molar-refractivity contribution is 5.79. The lowest BCUT2D eigenvalue weighted by Gasteiger charge is -2.01.